The van der Waals surface area contributed by atoms with Gasteiger partial charge in [0.05, 0.1) is 17.2 Å². The van der Waals surface area contributed by atoms with Crippen LogP contribution in [0, 0.1) is 0 Å². The molecule has 0 aliphatic carbocycles. The van der Waals surface area contributed by atoms with Crippen LogP contribution < -0.4 is 10.6 Å². The summed E-state index contributed by atoms with van der Waals surface area (Å²) in [6, 6.07) is 7.48. The smallest absolute Gasteiger partial charge is 0.262 e. The maximum atomic E-state index is 11.9. The monoisotopic (exact) mass is 292 g/mol. The quantitative estimate of drug-likeness (QED) is 0.641. The predicted octanol–water partition coefficient (Wildman–Crippen LogP) is 1.77. The summed E-state index contributed by atoms with van der Waals surface area (Å²) in [4.78, 5) is 24.9. The Morgan fingerprint density at radius 1 is 1.45 bits per heavy atom. The van der Waals surface area contributed by atoms with E-state index >= 15 is 0 Å². The summed E-state index contributed by atoms with van der Waals surface area (Å²) >= 11 is 1.29. The van der Waals surface area contributed by atoms with Gasteiger partial charge in [-0.2, -0.15) is 0 Å². The molecule has 0 radical (unpaired) electrons. The third-order valence-corrected chi connectivity index (χ3v) is 3.69. The predicted molar refractivity (Wildman–Crippen MR) is 78.5 cm³/mol. The van der Waals surface area contributed by atoms with Crippen LogP contribution in [0.3, 0.4) is 0 Å². The molecule has 1 aromatic rings. The SMILES string of the molecule is CCOCCNC(=O)/C=C1\Sc2ccccc2NC1=O. The average molecular weight is 292 g/mol. The summed E-state index contributed by atoms with van der Waals surface area (Å²) < 4.78 is 5.12. The Morgan fingerprint density at radius 2 is 2.25 bits per heavy atom. The Balaban J connectivity index is 1.97. The van der Waals surface area contributed by atoms with Gasteiger partial charge in [-0.15, -0.1) is 0 Å². The molecule has 1 aromatic carbocycles. The van der Waals surface area contributed by atoms with Crippen molar-refractivity contribution in [1.82, 2.24) is 5.32 Å². The number of anilines is 1. The summed E-state index contributed by atoms with van der Waals surface area (Å²) in [6.45, 7) is 3.41. The molecule has 1 aliphatic heterocycles. The van der Waals surface area contributed by atoms with Crippen LogP contribution in [0.15, 0.2) is 40.1 Å². The van der Waals surface area contributed by atoms with E-state index in [2.05, 4.69) is 10.6 Å². The highest BCUT2D eigenvalue weighted by Gasteiger charge is 2.21. The number of fused-ring (bicyclic) bond motifs is 1. The van der Waals surface area contributed by atoms with Gasteiger partial charge in [0.25, 0.3) is 5.91 Å². The van der Waals surface area contributed by atoms with Gasteiger partial charge in [-0.1, -0.05) is 23.9 Å². The summed E-state index contributed by atoms with van der Waals surface area (Å²) in [6.07, 6.45) is 1.32. The number of para-hydroxylation sites is 1. The van der Waals surface area contributed by atoms with Crippen molar-refractivity contribution in [3.05, 3.63) is 35.2 Å². The number of carbonyl (C=O) groups excluding carboxylic acids is 2. The highest BCUT2D eigenvalue weighted by molar-refractivity contribution is 8.04. The third-order valence-electron chi connectivity index (χ3n) is 2.59. The van der Waals surface area contributed by atoms with Crippen molar-refractivity contribution in [2.75, 3.05) is 25.1 Å². The highest BCUT2D eigenvalue weighted by Crippen LogP contribution is 2.37. The third kappa shape index (κ3) is 3.85. The highest BCUT2D eigenvalue weighted by atomic mass is 32.2. The molecule has 0 bridgehead atoms. The van der Waals surface area contributed by atoms with E-state index in [-0.39, 0.29) is 11.8 Å². The summed E-state index contributed by atoms with van der Waals surface area (Å²) in [5.74, 6) is -0.546. The molecule has 20 heavy (non-hydrogen) atoms. The zero-order valence-corrected chi connectivity index (χ0v) is 12.0. The first-order chi connectivity index (χ1) is 9.70. The number of thioether (sulfide) groups is 1. The number of amides is 2. The standard InChI is InChI=1S/C14H16N2O3S/c1-2-19-8-7-15-13(17)9-12-14(18)16-10-5-3-4-6-11(10)20-12/h3-6,9H,2,7-8H2,1H3,(H,15,17)(H,16,18)/b12-9-. The minimum absolute atomic E-state index is 0.256. The molecule has 1 aliphatic rings. The van der Waals surface area contributed by atoms with Crippen molar-refractivity contribution >= 4 is 29.3 Å². The van der Waals surface area contributed by atoms with Crippen LogP contribution in [-0.2, 0) is 14.3 Å². The summed E-state index contributed by atoms with van der Waals surface area (Å²) in [5, 5.41) is 5.43. The Bertz CT molecular complexity index is 543. The van der Waals surface area contributed by atoms with Gasteiger partial charge in [0.15, 0.2) is 0 Å². The Morgan fingerprint density at radius 3 is 3.05 bits per heavy atom. The normalized spacial score (nSPS) is 15.7. The number of benzene rings is 1. The van der Waals surface area contributed by atoms with Gasteiger partial charge in [-0.25, -0.2) is 0 Å². The van der Waals surface area contributed by atoms with Gasteiger partial charge in [0.2, 0.25) is 5.91 Å². The molecule has 106 valence electrons. The largest absolute Gasteiger partial charge is 0.380 e. The molecule has 0 unspecified atom stereocenters. The first-order valence-corrected chi connectivity index (χ1v) is 7.18. The van der Waals surface area contributed by atoms with Crippen LogP contribution in [0.25, 0.3) is 0 Å². The van der Waals surface area contributed by atoms with E-state index in [0.717, 1.165) is 10.6 Å². The Kier molecular flexibility index (Phi) is 5.20. The van der Waals surface area contributed by atoms with E-state index in [9.17, 15) is 9.59 Å². The molecular formula is C14H16N2O3S. The maximum Gasteiger partial charge on any atom is 0.262 e. The molecule has 0 spiro atoms. The molecule has 0 fully saturated rings. The van der Waals surface area contributed by atoms with E-state index in [1.54, 1.807) is 0 Å². The second-order valence-corrected chi connectivity index (χ2v) is 5.13. The fraction of sp³-hybridized carbons (Fsp3) is 0.286. The Labute approximate surface area is 121 Å². The van der Waals surface area contributed by atoms with Gasteiger partial charge < -0.3 is 15.4 Å². The van der Waals surface area contributed by atoms with Gasteiger partial charge in [0, 0.05) is 24.1 Å². The fourth-order valence-electron chi connectivity index (χ4n) is 1.66. The van der Waals surface area contributed by atoms with Crippen molar-refractivity contribution in [3.63, 3.8) is 0 Å². The van der Waals surface area contributed by atoms with E-state index < -0.39 is 0 Å². The minimum Gasteiger partial charge on any atom is -0.380 e. The zero-order valence-electron chi connectivity index (χ0n) is 11.1. The van der Waals surface area contributed by atoms with Crippen LogP contribution in [0.2, 0.25) is 0 Å². The van der Waals surface area contributed by atoms with Crippen molar-refractivity contribution in [1.29, 1.82) is 0 Å². The van der Waals surface area contributed by atoms with E-state index in [1.807, 2.05) is 31.2 Å². The molecule has 6 heteroatoms. The first-order valence-electron chi connectivity index (χ1n) is 6.36. The number of rotatable bonds is 5. The number of ether oxygens (including phenoxy) is 1. The summed E-state index contributed by atoms with van der Waals surface area (Å²) in [7, 11) is 0. The molecule has 2 amide bonds. The lowest BCUT2D eigenvalue weighted by molar-refractivity contribution is -0.117. The van der Waals surface area contributed by atoms with Crippen molar-refractivity contribution in [2.45, 2.75) is 11.8 Å². The van der Waals surface area contributed by atoms with Crippen molar-refractivity contribution in [2.24, 2.45) is 0 Å². The Hall–Kier alpha value is -1.79. The van der Waals surface area contributed by atoms with E-state index in [0.29, 0.717) is 24.7 Å². The molecule has 0 saturated carbocycles. The molecular weight excluding hydrogens is 276 g/mol. The molecule has 2 rings (SSSR count). The van der Waals surface area contributed by atoms with Crippen molar-refractivity contribution < 1.29 is 14.3 Å². The minimum atomic E-state index is -0.290. The summed E-state index contributed by atoms with van der Waals surface area (Å²) in [5.41, 5.74) is 0.774. The van der Waals surface area contributed by atoms with Crippen LogP contribution in [0.1, 0.15) is 6.92 Å². The number of carbonyl (C=O) groups is 2. The second kappa shape index (κ2) is 7.12. The molecule has 2 N–H and O–H groups in total. The number of hydrogen-bond acceptors (Lipinski definition) is 4. The molecule has 5 nitrogen and oxygen atoms in total. The van der Waals surface area contributed by atoms with Gasteiger partial charge in [-0.05, 0) is 19.1 Å². The topological polar surface area (TPSA) is 67.4 Å². The van der Waals surface area contributed by atoms with Gasteiger partial charge >= 0.3 is 0 Å². The number of hydrogen-bond donors (Lipinski definition) is 2. The van der Waals surface area contributed by atoms with Crippen LogP contribution >= 0.6 is 11.8 Å². The lowest BCUT2D eigenvalue weighted by Crippen LogP contribution is -2.27. The fourth-order valence-corrected chi connectivity index (χ4v) is 2.59. The molecule has 0 atom stereocenters. The van der Waals surface area contributed by atoms with Crippen LogP contribution in [0.4, 0.5) is 5.69 Å². The average Bonchev–Trinajstić information content (AvgIpc) is 2.44. The lowest BCUT2D eigenvalue weighted by Gasteiger charge is -2.17. The zero-order chi connectivity index (χ0) is 14.4. The number of nitrogens with one attached hydrogen (secondary N) is 2. The van der Waals surface area contributed by atoms with E-state index in [4.69, 9.17) is 4.74 Å². The van der Waals surface area contributed by atoms with Crippen LogP contribution in [0.5, 0.6) is 0 Å². The van der Waals surface area contributed by atoms with Gasteiger partial charge in [0.1, 0.15) is 0 Å². The van der Waals surface area contributed by atoms with Crippen molar-refractivity contribution in [3.8, 4) is 0 Å². The first kappa shape index (κ1) is 14.6. The molecule has 1 heterocycles. The second-order valence-electron chi connectivity index (χ2n) is 4.05. The van der Waals surface area contributed by atoms with E-state index in [1.165, 1.54) is 17.8 Å². The lowest BCUT2D eigenvalue weighted by atomic mass is 10.3. The van der Waals surface area contributed by atoms with Crippen LogP contribution in [-0.4, -0.2) is 31.6 Å². The van der Waals surface area contributed by atoms with Gasteiger partial charge in [-0.3, -0.25) is 9.59 Å². The molecule has 0 aromatic heterocycles. The molecule has 0 saturated heterocycles. The maximum absolute atomic E-state index is 11.9.